The first-order chi connectivity index (χ1) is 18.5. The number of hydrogen-bond acceptors (Lipinski definition) is 6. The third kappa shape index (κ3) is 4.42. The van der Waals surface area contributed by atoms with Gasteiger partial charge in [0.2, 0.25) is 0 Å². The molecule has 0 aromatic heterocycles. The van der Waals surface area contributed by atoms with Crippen molar-refractivity contribution < 1.29 is 19.1 Å². The molecule has 2 unspecified atom stereocenters. The molecule has 198 valence electrons. The minimum Gasteiger partial charge on any atom is -0.490 e. The van der Waals surface area contributed by atoms with Crippen LogP contribution in [0.25, 0.3) is 0 Å². The van der Waals surface area contributed by atoms with E-state index in [-0.39, 0.29) is 23.4 Å². The molecule has 5 rings (SSSR count). The van der Waals surface area contributed by atoms with E-state index >= 15 is 0 Å². The second-order valence-electron chi connectivity index (χ2n) is 9.77. The second kappa shape index (κ2) is 10.9. The SMILES string of the molecule is CCN(CC)c1cccc2c1OCC2C(=O)c1ccc(C(=O)C2COc3c2cccc3N(CC)CC)cc1. The van der Waals surface area contributed by atoms with Crippen LogP contribution in [0.4, 0.5) is 11.4 Å². The largest absolute Gasteiger partial charge is 0.490 e. The summed E-state index contributed by atoms with van der Waals surface area (Å²) in [7, 11) is 0. The number of rotatable bonds is 10. The molecule has 0 saturated heterocycles. The molecule has 38 heavy (non-hydrogen) atoms. The van der Waals surface area contributed by atoms with Crippen LogP contribution in [0.3, 0.4) is 0 Å². The molecule has 0 N–H and O–H groups in total. The van der Waals surface area contributed by atoms with Crippen LogP contribution in [-0.2, 0) is 0 Å². The lowest BCUT2D eigenvalue weighted by atomic mass is 9.89. The molecule has 2 aliphatic heterocycles. The van der Waals surface area contributed by atoms with Crippen LogP contribution in [-0.4, -0.2) is 51.0 Å². The molecule has 2 heterocycles. The van der Waals surface area contributed by atoms with Crippen molar-refractivity contribution in [3.63, 3.8) is 0 Å². The van der Waals surface area contributed by atoms with Crippen molar-refractivity contribution in [3.05, 3.63) is 82.9 Å². The molecule has 2 atom stereocenters. The van der Waals surface area contributed by atoms with Crippen LogP contribution in [0.1, 0.15) is 71.4 Å². The summed E-state index contributed by atoms with van der Waals surface area (Å²) >= 11 is 0. The zero-order valence-electron chi connectivity index (χ0n) is 22.7. The van der Waals surface area contributed by atoms with E-state index < -0.39 is 0 Å². The number of benzene rings is 3. The monoisotopic (exact) mass is 512 g/mol. The van der Waals surface area contributed by atoms with Crippen LogP contribution < -0.4 is 19.3 Å². The molecule has 0 radical (unpaired) electrons. The zero-order chi connectivity index (χ0) is 26.8. The summed E-state index contributed by atoms with van der Waals surface area (Å²) in [6.07, 6.45) is 0. The first kappa shape index (κ1) is 25.8. The maximum atomic E-state index is 13.5. The third-order valence-corrected chi connectivity index (χ3v) is 7.88. The van der Waals surface area contributed by atoms with E-state index in [9.17, 15) is 9.59 Å². The van der Waals surface area contributed by atoms with E-state index in [0.717, 1.165) is 60.2 Å². The van der Waals surface area contributed by atoms with E-state index in [0.29, 0.717) is 24.3 Å². The Bertz CT molecular complexity index is 1220. The summed E-state index contributed by atoms with van der Waals surface area (Å²) in [5, 5.41) is 0. The van der Waals surface area contributed by atoms with Crippen molar-refractivity contribution in [3.8, 4) is 11.5 Å². The molecule has 3 aromatic rings. The normalized spacial score (nSPS) is 17.3. The van der Waals surface area contributed by atoms with Gasteiger partial charge >= 0.3 is 0 Å². The van der Waals surface area contributed by atoms with Gasteiger partial charge in [0.25, 0.3) is 0 Å². The van der Waals surface area contributed by atoms with E-state index in [1.807, 2.05) is 24.3 Å². The molecule has 0 aliphatic carbocycles. The Hall–Kier alpha value is -3.80. The number of nitrogens with zero attached hydrogens (tertiary/aromatic N) is 2. The number of ketones is 2. The van der Waals surface area contributed by atoms with Crippen molar-refractivity contribution in [1.29, 1.82) is 0 Å². The van der Waals surface area contributed by atoms with Gasteiger partial charge in [-0.15, -0.1) is 0 Å². The van der Waals surface area contributed by atoms with E-state index in [1.165, 1.54) is 0 Å². The van der Waals surface area contributed by atoms with Crippen molar-refractivity contribution >= 4 is 22.9 Å². The van der Waals surface area contributed by atoms with Crippen LogP contribution in [0, 0.1) is 0 Å². The van der Waals surface area contributed by atoms with Gasteiger partial charge in [0.05, 0.1) is 23.2 Å². The average Bonchev–Trinajstić information content (AvgIpc) is 3.59. The number of hydrogen-bond donors (Lipinski definition) is 0. The van der Waals surface area contributed by atoms with Gasteiger partial charge in [-0.3, -0.25) is 9.59 Å². The average molecular weight is 513 g/mol. The zero-order valence-corrected chi connectivity index (χ0v) is 22.7. The Balaban J connectivity index is 1.35. The van der Waals surface area contributed by atoms with E-state index in [2.05, 4.69) is 49.6 Å². The Morgan fingerprint density at radius 3 is 1.34 bits per heavy atom. The number of fused-ring (bicyclic) bond motifs is 2. The Kier molecular flexibility index (Phi) is 7.41. The van der Waals surface area contributed by atoms with Crippen LogP contribution in [0.5, 0.6) is 11.5 Å². The quantitative estimate of drug-likeness (QED) is 0.306. The fourth-order valence-electron chi connectivity index (χ4n) is 5.72. The lowest BCUT2D eigenvalue weighted by Gasteiger charge is -2.23. The van der Waals surface area contributed by atoms with Crippen molar-refractivity contribution in [2.75, 3.05) is 49.2 Å². The molecule has 6 heteroatoms. The van der Waals surface area contributed by atoms with Gasteiger partial charge in [-0.25, -0.2) is 0 Å². The van der Waals surface area contributed by atoms with Crippen molar-refractivity contribution in [1.82, 2.24) is 0 Å². The molecular formula is C32H36N2O4. The highest BCUT2D eigenvalue weighted by atomic mass is 16.5. The fraction of sp³-hybridized carbons (Fsp3) is 0.375. The molecule has 0 bridgehead atoms. The lowest BCUT2D eigenvalue weighted by molar-refractivity contribution is 0.0935. The number of carbonyl (C=O) groups excluding carboxylic acids is 2. The van der Waals surface area contributed by atoms with Crippen LogP contribution >= 0.6 is 0 Å². The molecular weight excluding hydrogens is 476 g/mol. The summed E-state index contributed by atoms with van der Waals surface area (Å²) in [5.74, 6) is 0.942. The Morgan fingerprint density at radius 2 is 1.00 bits per heavy atom. The highest BCUT2D eigenvalue weighted by Gasteiger charge is 2.35. The molecule has 0 saturated carbocycles. The Morgan fingerprint density at radius 1 is 0.632 bits per heavy atom. The molecule has 0 fully saturated rings. The number of carbonyl (C=O) groups is 2. The fourth-order valence-corrected chi connectivity index (χ4v) is 5.72. The molecule has 2 aliphatic rings. The summed E-state index contributed by atoms with van der Waals surface area (Å²) in [6.45, 7) is 12.6. The maximum Gasteiger partial charge on any atom is 0.173 e. The first-order valence-corrected chi connectivity index (χ1v) is 13.7. The van der Waals surface area contributed by atoms with Crippen LogP contribution in [0.2, 0.25) is 0 Å². The summed E-state index contributed by atoms with van der Waals surface area (Å²) in [4.78, 5) is 31.4. The number of para-hydroxylation sites is 2. The summed E-state index contributed by atoms with van der Waals surface area (Å²) < 4.78 is 12.1. The van der Waals surface area contributed by atoms with Gasteiger partial charge in [0.1, 0.15) is 24.7 Å². The third-order valence-electron chi connectivity index (χ3n) is 7.88. The van der Waals surface area contributed by atoms with Gasteiger partial charge in [-0.1, -0.05) is 48.5 Å². The maximum absolute atomic E-state index is 13.5. The molecule has 0 spiro atoms. The van der Waals surface area contributed by atoms with Gasteiger partial charge in [-0.05, 0) is 39.8 Å². The molecule has 6 nitrogen and oxygen atoms in total. The van der Waals surface area contributed by atoms with Crippen molar-refractivity contribution in [2.45, 2.75) is 39.5 Å². The number of anilines is 2. The smallest absolute Gasteiger partial charge is 0.173 e. The van der Waals surface area contributed by atoms with Gasteiger partial charge in [-0.2, -0.15) is 0 Å². The second-order valence-corrected chi connectivity index (χ2v) is 9.77. The minimum absolute atomic E-state index is 0.0119. The number of Topliss-reactive ketones (excluding diaryl/α,β-unsaturated/α-hetero) is 2. The topological polar surface area (TPSA) is 59.1 Å². The minimum atomic E-state index is -0.351. The lowest BCUT2D eigenvalue weighted by Crippen LogP contribution is -2.22. The summed E-state index contributed by atoms with van der Waals surface area (Å²) in [6, 6.07) is 19.1. The summed E-state index contributed by atoms with van der Waals surface area (Å²) in [5.41, 5.74) is 5.11. The predicted octanol–water partition coefficient (Wildman–Crippen LogP) is 6.10. The molecule has 0 amide bonds. The Labute approximate surface area is 225 Å². The molecule has 3 aromatic carbocycles. The first-order valence-electron chi connectivity index (χ1n) is 13.7. The van der Waals surface area contributed by atoms with Gasteiger partial charge in [0.15, 0.2) is 11.6 Å². The number of ether oxygens (including phenoxy) is 2. The van der Waals surface area contributed by atoms with Crippen molar-refractivity contribution in [2.24, 2.45) is 0 Å². The van der Waals surface area contributed by atoms with Gasteiger partial charge in [0, 0.05) is 48.4 Å². The van der Waals surface area contributed by atoms with Gasteiger partial charge < -0.3 is 19.3 Å². The standard InChI is InChI=1S/C32H36N2O4/c1-5-33(6-2)27-13-9-11-23-25(19-37-31(23)27)29(35)21-15-17-22(18-16-21)30(36)26-20-38-32-24(26)12-10-14-28(32)34(7-3)8-4/h9-18,25-26H,5-8,19-20H2,1-4H3. The highest BCUT2D eigenvalue weighted by molar-refractivity contribution is 6.05. The predicted molar refractivity (Wildman–Crippen MR) is 152 cm³/mol. The highest BCUT2D eigenvalue weighted by Crippen LogP contribution is 2.44. The van der Waals surface area contributed by atoms with Crippen LogP contribution in [0.15, 0.2) is 60.7 Å². The van der Waals surface area contributed by atoms with E-state index in [4.69, 9.17) is 9.47 Å². The van der Waals surface area contributed by atoms with E-state index in [1.54, 1.807) is 24.3 Å².